The number of nitrogens with two attached hydrogens (primary N) is 1. The van der Waals surface area contributed by atoms with Crippen LogP contribution in [0.2, 0.25) is 0 Å². The van der Waals surface area contributed by atoms with E-state index in [1.54, 1.807) is 11.3 Å². The Morgan fingerprint density at radius 2 is 2.42 bits per heavy atom. The molecule has 1 saturated heterocycles. The minimum Gasteiger partial charge on any atom is -0.378 e. The Morgan fingerprint density at radius 1 is 1.58 bits per heavy atom. The Bertz CT molecular complexity index is 708. The molecule has 3 N–H and O–H groups in total. The summed E-state index contributed by atoms with van der Waals surface area (Å²) in [4.78, 5) is 21.9. The summed E-state index contributed by atoms with van der Waals surface area (Å²) in [6, 6.07) is 4.61. The number of anilines is 2. The van der Waals surface area contributed by atoms with Crippen molar-refractivity contribution < 1.29 is 4.92 Å². The van der Waals surface area contributed by atoms with Crippen LogP contribution < -0.4 is 11.1 Å². The Hall–Kier alpha value is -2.26. The summed E-state index contributed by atoms with van der Waals surface area (Å²) in [6.07, 6.45) is 3.41. The standard InChI is InChI=1S/C15H20N6O2S/c1-20-6-2-4-10(13(20)12-5-3-7-24-12)8-17-15-18-9-11(21(22)23)14(16)19-15/h3,5,7,9-10,13H,2,4,6,8H2,1H3,(H3,16,17,18,19)/t10-,13-/m1/s1. The zero-order chi connectivity index (χ0) is 17.1. The topological polar surface area (TPSA) is 110 Å². The molecule has 128 valence electrons. The van der Waals surface area contributed by atoms with Gasteiger partial charge < -0.3 is 11.1 Å². The van der Waals surface area contributed by atoms with E-state index in [4.69, 9.17) is 5.73 Å². The number of nitrogens with zero attached hydrogens (tertiary/aromatic N) is 4. The van der Waals surface area contributed by atoms with Crippen LogP contribution in [-0.2, 0) is 0 Å². The lowest BCUT2D eigenvalue weighted by Gasteiger charge is -2.38. The second-order valence-electron chi connectivity index (χ2n) is 5.95. The van der Waals surface area contributed by atoms with E-state index in [2.05, 4.69) is 44.7 Å². The Morgan fingerprint density at radius 3 is 3.08 bits per heavy atom. The van der Waals surface area contributed by atoms with Gasteiger partial charge in [-0.15, -0.1) is 11.3 Å². The van der Waals surface area contributed by atoms with E-state index < -0.39 is 4.92 Å². The fourth-order valence-electron chi connectivity index (χ4n) is 3.22. The highest BCUT2D eigenvalue weighted by molar-refractivity contribution is 7.10. The van der Waals surface area contributed by atoms with Gasteiger partial charge in [-0.1, -0.05) is 6.07 Å². The predicted molar refractivity (Wildman–Crippen MR) is 94.0 cm³/mol. The molecule has 0 saturated carbocycles. The molecule has 3 heterocycles. The van der Waals surface area contributed by atoms with Crippen molar-refractivity contribution >= 4 is 28.8 Å². The van der Waals surface area contributed by atoms with Crippen molar-refractivity contribution in [1.29, 1.82) is 0 Å². The van der Waals surface area contributed by atoms with Gasteiger partial charge in [0.25, 0.3) is 0 Å². The van der Waals surface area contributed by atoms with Crippen LogP contribution in [0, 0.1) is 16.0 Å². The summed E-state index contributed by atoms with van der Waals surface area (Å²) in [5, 5.41) is 16.1. The quantitative estimate of drug-likeness (QED) is 0.631. The van der Waals surface area contributed by atoms with E-state index in [9.17, 15) is 10.1 Å². The number of hydrogen-bond acceptors (Lipinski definition) is 8. The molecule has 2 aromatic rings. The Balaban J connectivity index is 1.70. The molecule has 0 bridgehead atoms. The second-order valence-corrected chi connectivity index (χ2v) is 6.92. The number of nitro groups is 1. The lowest BCUT2D eigenvalue weighted by Crippen LogP contribution is -2.38. The summed E-state index contributed by atoms with van der Waals surface area (Å²) in [6.45, 7) is 1.78. The van der Waals surface area contributed by atoms with Gasteiger partial charge in [-0.25, -0.2) is 4.98 Å². The summed E-state index contributed by atoms with van der Waals surface area (Å²) < 4.78 is 0. The van der Waals surface area contributed by atoms with Crippen LogP contribution >= 0.6 is 11.3 Å². The third-order valence-electron chi connectivity index (χ3n) is 4.36. The van der Waals surface area contributed by atoms with Crippen molar-refractivity contribution in [3.05, 3.63) is 38.7 Å². The molecule has 0 aliphatic carbocycles. The Labute approximate surface area is 143 Å². The third-order valence-corrected chi connectivity index (χ3v) is 5.30. The lowest BCUT2D eigenvalue weighted by molar-refractivity contribution is -0.384. The van der Waals surface area contributed by atoms with E-state index in [-0.39, 0.29) is 11.5 Å². The molecule has 1 fully saturated rings. The molecule has 0 amide bonds. The number of aromatic nitrogens is 2. The maximum absolute atomic E-state index is 10.8. The first-order chi connectivity index (χ1) is 11.6. The number of nitrogens with one attached hydrogen (secondary N) is 1. The number of hydrogen-bond donors (Lipinski definition) is 2. The third kappa shape index (κ3) is 3.46. The molecule has 3 rings (SSSR count). The van der Waals surface area contributed by atoms with E-state index in [1.165, 1.54) is 4.88 Å². The monoisotopic (exact) mass is 348 g/mol. The van der Waals surface area contributed by atoms with Crippen LogP contribution in [0.25, 0.3) is 0 Å². The molecule has 0 aromatic carbocycles. The zero-order valence-electron chi connectivity index (χ0n) is 13.4. The molecular formula is C15H20N6O2S. The average molecular weight is 348 g/mol. The first-order valence-electron chi connectivity index (χ1n) is 7.80. The van der Waals surface area contributed by atoms with Crippen LogP contribution in [0.5, 0.6) is 0 Å². The SMILES string of the molecule is CN1CCC[C@H](CNc2ncc([N+](=O)[O-])c(N)n2)[C@@H]1c1cccs1. The van der Waals surface area contributed by atoms with Gasteiger partial charge in [0.2, 0.25) is 11.8 Å². The minimum absolute atomic E-state index is 0.118. The van der Waals surface area contributed by atoms with Crippen molar-refractivity contribution in [1.82, 2.24) is 14.9 Å². The molecule has 2 aromatic heterocycles. The fraction of sp³-hybridized carbons (Fsp3) is 0.467. The van der Waals surface area contributed by atoms with Gasteiger partial charge in [-0.3, -0.25) is 15.0 Å². The van der Waals surface area contributed by atoms with Crippen molar-refractivity contribution in [2.24, 2.45) is 5.92 Å². The number of nitrogen functional groups attached to an aromatic ring is 1. The van der Waals surface area contributed by atoms with Crippen LogP contribution in [-0.4, -0.2) is 39.9 Å². The summed E-state index contributed by atoms with van der Waals surface area (Å²) in [5.41, 5.74) is 5.35. The van der Waals surface area contributed by atoms with Crippen molar-refractivity contribution in [3.8, 4) is 0 Å². The van der Waals surface area contributed by atoms with E-state index in [1.807, 2.05) is 0 Å². The molecule has 0 unspecified atom stereocenters. The molecular weight excluding hydrogens is 328 g/mol. The predicted octanol–water partition coefficient (Wildman–Crippen LogP) is 2.52. The molecule has 9 heteroatoms. The van der Waals surface area contributed by atoms with Crippen molar-refractivity contribution in [3.63, 3.8) is 0 Å². The molecule has 24 heavy (non-hydrogen) atoms. The number of piperidine rings is 1. The van der Waals surface area contributed by atoms with Crippen LogP contribution in [0.3, 0.4) is 0 Å². The van der Waals surface area contributed by atoms with E-state index >= 15 is 0 Å². The van der Waals surface area contributed by atoms with Crippen LogP contribution in [0.15, 0.2) is 23.7 Å². The van der Waals surface area contributed by atoms with Gasteiger partial charge in [0.15, 0.2) is 0 Å². The first-order valence-corrected chi connectivity index (χ1v) is 8.68. The van der Waals surface area contributed by atoms with E-state index in [0.717, 1.165) is 25.6 Å². The highest BCUT2D eigenvalue weighted by atomic mass is 32.1. The highest BCUT2D eigenvalue weighted by Gasteiger charge is 2.31. The maximum atomic E-state index is 10.8. The van der Waals surface area contributed by atoms with Gasteiger partial charge in [0.05, 0.1) is 4.92 Å². The molecule has 2 atom stereocenters. The van der Waals surface area contributed by atoms with Gasteiger partial charge in [-0.2, -0.15) is 4.98 Å². The highest BCUT2D eigenvalue weighted by Crippen LogP contribution is 2.37. The summed E-state index contributed by atoms with van der Waals surface area (Å²) in [5.74, 6) is 0.631. The lowest BCUT2D eigenvalue weighted by atomic mass is 9.88. The first kappa shape index (κ1) is 16.6. The van der Waals surface area contributed by atoms with Crippen molar-refractivity contribution in [2.45, 2.75) is 18.9 Å². The van der Waals surface area contributed by atoms with Crippen molar-refractivity contribution in [2.75, 3.05) is 31.2 Å². The van der Waals surface area contributed by atoms with Gasteiger partial charge in [0.1, 0.15) is 6.20 Å². The number of likely N-dealkylation sites (tertiary alicyclic amines) is 1. The summed E-state index contributed by atoms with van der Waals surface area (Å²) >= 11 is 1.77. The number of rotatable bonds is 5. The summed E-state index contributed by atoms with van der Waals surface area (Å²) in [7, 11) is 2.15. The van der Waals surface area contributed by atoms with Crippen LogP contribution in [0.4, 0.5) is 17.5 Å². The normalized spacial score (nSPS) is 21.5. The zero-order valence-corrected chi connectivity index (χ0v) is 14.2. The minimum atomic E-state index is -0.581. The molecule has 1 aliphatic rings. The molecule has 1 aliphatic heterocycles. The Kier molecular flexibility index (Phi) is 4.91. The fourth-order valence-corrected chi connectivity index (χ4v) is 4.20. The van der Waals surface area contributed by atoms with Gasteiger partial charge >= 0.3 is 5.69 Å². The number of thiophene rings is 1. The van der Waals surface area contributed by atoms with Gasteiger partial charge in [0, 0.05) is 17.5 Å². The van der Waals surface area contributed by atoms with Crippen LogP contribution in [0.1, 0.15) is 23.8 Å². The average Bonchev–Trinajstić information content (AvgIpc) is 3.06. The maximum Gasteiger partial charge on any atom is 0.329 e. The second kappa shape index (κ2) is 7.10. The molecule has 0 spiro atoms. The largest absolute Gasteiger partial charge is 0.378 e. The van der Waals surface area contributed by atoms with Gasteiger partial charge in [-0.05, 0) is 43.8 Å². The molecule has 0 radical (unpaired) electrons. The molecule has 8 nitrogen and oxygen atoms in total. The van der Waals surface area contributed by atoms with E-state index in [0.29, 0.717) is 24.5 Å². The smallest absolute Gasteiger partial charge is 0.329 e.